The standard InChI is InChI=1S/C19H21N3O.ClH/c23-18(16-11-14-3-1-2-4-15(14)12-20-16)21-17-13-5-9-22(10-6-13)19(17)7-8-19;/h1-4,11-13,17H,5-10H2,(H,21,23);1H/t17-;/m1./s1. The Kier molecular flexibility index (Phi) is 3.77. The van der Waals surface area contributed by atoms with Crippen molar-refractivity contribution in [1.29, 1.82) is 0 Å². The summed E-state index contributed by atoms with van der Waals surface area (Å²) < 4.78 is 0. The maximum absolute atomic E-state index is 12.8. The molecule has 0 radical (unpaired) electrons. The van der Waals surface area contributed by atoms with Crippen molar-refractivity contribution >= 4 is 29.1 Å². The summed E-state index contributed by atoms with van der Waals surface area (Å²) in [4.78, 5) is 19.8. The summed E-state index contributed by atoms with van der Waals surface area (Å²) in [7, 11) is 0. The molecular weight excluding hydrogens is 322 g/mol. The van der Waals surface area contributed by atoms with Gasteiger partial charge in [-0.15, -0.1) is 12.4 Å². The maximum Gasteiger partial charge on any atom is 0.270 e. The van der Waals surface area contributed by atoms with Crippen molar-refractivity contribution in [2.24, 2.45) is 5.92 Å². The second-order valence-electron chi connectivity index (χ2n) is 7.30. The lowest BCUT2D eigenvalue weighted by atomic mass is 9.77. The first-order valence-electron chi connectivity index (χ1n) is 8.67. The highest BCUT2D eigenvalue weighted by molar-refractivity contribution is 5.96. The van der Waals surface area contributed by atoms with Gasteiger partial charge < -0.3 is 5.32 Å². The monoisotopic (exact) mass is 343 g/mol. The Hall–Kier alpha value is -1.65. The van der Waals surface area contributed by atoms with Gasteiger partial charge in [0.25, 0.3) is 5.91 Å². The highest BCUT2D eigenvalue weighted by atomic mass is 35.5. The van der Waals surface area contributed by atoms with Gasteiger partial charge in [0.1, 0.15) is 5.69 Å². The van der Waals surface area contributed by atoms with Gasteiger partial charge in [-0.2, -0.15) is 0 Å². The molecule has 1 saturated carbocycles. The van der Waals surface area contributed by atoms with Gasteiger partial charge in [-0.05, 0) is 56.1 Å². The molecule has 1 amide bonds. The van der Waals surface area contributed by atoms with E-state index in [1.165, 1.54) is 38.8 Å². The number of fused-ring (bicyclic) bond motifs is 3. The minimum atomic E-state index is -0.0132. The van der Waals surface area contributed by atoms with Crippen molar-refractivity contribution in [2.75, 3.05) is 13.1 Å². The van der Waals surface area contributed by atoms with E-state index in [0.29, 0.717) is 17.7 Å². The zero-order chi connectivity index (χ0) is 15.4. The Morgan fingerprint density at radius 2 is 1.88 bits per heavy atom. The van der Waals surface area contributed by atoms with E-state index in [-0.39, 0.29) is 23.9 Å². The van der Waals surface area contributed by atoms with Gasteiger partial charge >= 0.3 is 0 Å². The van der Waals surface area contributed by atoms with Crippen LogP contribution >= 0.6 is 12.4 Å². The average molecular weight is 344 g/mol. The number of carbonyl (C=O) groups is 1. The van der Waals surface area contributed by atoms with Crippen LogP contribution in [0.2, 0.25) is 0 Å². The molecule has 2 aromatic rings. The number of halogens is 1. The van der Waals surface area contributed by atoms with Crippen molar-refractivity contribution < 1.29 is 4.79 Å². The highest BCUT2D eigenvalue weighted by Gasteiger charge is 2.60. The van der Waals surface area contributed by atoms with Gasteiger partial charge in [-0.25, -0.2) is 0 Å². The average Bonchev–Trinajstić information content (AvgIpc) is 3.39. The van der Waals surface area contributed by atoms with Gasteiger partial charge in [0.05, 0.1) is 6.04 Å². The molecule has 5 heteroatoms. The molecule has 4 aliphatic rings. The third-order valence-electron chi connectivity index (χ3n) is 6.13. The number of pyridine rings is 1. The molecule has 4 nitrogen and oxygen atoms in total. The van der Waals surface area contributed by atoms with Crippen molar-refractivity contribution in [3.8, 4) is 0 Å². The zero-order valence-corrected chi connectivity index (χ0v) is 14.4. The number of amides is 1. The van der Waals surface area contributed by atoms with Crippen LogP contribution in [0.25, 0.3) is 10.8 Å². The highest BCUT2D eigenvalue weighted by Crippen LogP contribution is 2.53. The van der Waals surface area contributed by atoms with Gasteiger partial charge in [0, 0.05) is 17.1 Å². The number of aromatic nitrogens is 1. The molecule has 1 aromatic carbocycles. The summed E-state index contributed by atoms with van der Waals surface area (Å²) in [5.74, 6) is 0.632. The Morgan fingerprint density at radius 3 is 2.58 bits per heavy atom. The predicted molar refractivity (Wildman–Crippen MR) is 96.5 cm³/mol. The second kappa shape index (κ2) is 5.71. The van der Waals surface area contributed by atoms with Crippen molar-refractivity contribution in [3.63, 3.8) is 0 Å². The molecule has 1 aliphatic carbocycles. The van der Waals surface area contributed by atoms with Gasteiger partial charge in [0.15, 0.2) is 0 Å². The van der Waals surface area contributed by atoms with Crippen LogP contribution in [-0.2, 0) is 0 Å². The van der Waals surface area contributed by atoms with Crippen LogP contribution in [0.1, 0.15) is 36.2 Å². The molecule has 1 aromatic heterocycles. The van der Waals surface area contributed by atoms with Crippen LogP contribution in [0.3, 0.4) is 0 Å². The van der Waals surface area contributed by atoms with Gasteiger partial charge in [-0.3, -0.25) is 14.7 Å². The van der Waals surface area contributed by atoms with Crippen LogP contribution in [0.15, 0.2) is 36.5 Å². The smallest absolute Gasteiger partial charge is 0.270 e. The molecule has 3 saturated heterocycles. The molecule has 1 N–H and O–H groups in total. The molecule has 4 fully saturated rings. The lowest BCUT2D eigenvalue weighted by molar-refractivity contribution is -0.00152. The van der Waals surface area contributed by atoms with Crippen molar-refractivity contribution in [3.05, 3.63) is 42.2 Å². The SMILES string of the molecule is Cl.O=C(N[C@@H]1C2CCN(CC2)C12CC2)c1cc2ccccc2cn1. The molecule has 126 valence electrons. The zero-order valence-electron chi connectivity index (χ0n) is 13.6. The molecule has 1 spiro atoms. The van der Waals surface area contributed by atoms with E-state index in [1.807, 2.05) is 30.3 Å². The number of rotatable bonds is 2. The Bertz CT molecular complexity index is 781. The number of nitrogens with zero attached hydrogens (tertiary/aromatic N) is 2. The Morgan fingerprint density at radius 1 is 1.17 bits per heavy atom. The number of hydrogen-bond acceptors (Lipinski definition) is 3. The maximum atomic E-state index is 12.8. The molecule has 1 atom stereocenters. The van der Waals surface area contributed by atoms with E-state index in [9.17, 15) is 4.79 Å². The van der Waals surface area contributed by atoms with E-state index < -0.39 is 0 Å². The van der Waals surface area contributed by atoms with E-state index >= 15 is 0 Å². The Balaban J connectivity index is 0.00000146. The first-order valence-corrected chi connectivity index (χ1v) is 8.67. The summed E-state index contributed by atoms with van der Waals surface area (Å²) in [6.45, 7) is 2.43. The summed E-state index contributed by atoms with van der Waals surface area (Å²) in [5, 5.41) is 5.49. The summed E-state index contributed by atoms with van der Waals surface area (Å²) >= 11 is 0. The third-order valence-corrected chi connectivity index (χ3v) is 6.13. The second-order valence-corrected chi connectivity index (χ2v) is 7.30. The lowest BCUT2D eigenvalue weighted by Gasteiger charge is -2.52. The van der Waals surface area contributed by atoms with Crippen LogP contribution < -0.4 is 5.32 Å². The fraction of sp³-hybridized carbons (Fsp3) is 0.474. The van der Waals surface area contributed by atoms with E-state index in [0.717, 1.165) is 10.8 Å². The number of nitrogens with one attached hydrogen (secondary N) is 1. The quantitative estimate of drug-likeness (QED) is 0.911. The van der Waals surface area contributed by atoms with E-state index in [1.54, 1.807) is 6.20 Å². The number of piperidine rings is 3. The first kappa shape index (κ1) is 15.9. The van der Waals surface area contributed by atoms with Crippen molar-refractivity contribution in [1.82, 2.24) is 15.2 Å². The third kappa shape index (κ3) is 2.32. The minimum absolute atomic E-state index is 0. The number of hydrogen-bond donors (Lipinski definition) is 1. The number of carbonyl (C=O) groups excluding carboxylic acids is 1. The van der Waals surface area contributed by atoms with Gasteiger partial charge in [0.2, 0.25) is 0 Å². The van der Waals surface area contributed by atoms with Crippen LogP contribution in [0.4, 0.5) is 0 Å². The molecule has 4 heterocycles. The predicted octanol–water partition coefficient (Wildman–Crippen LogP) is 3.01. The molecule has 24 heavy (non-hydrogen) atoms. The summed E-state index contributed by atoms with van der Waals surface area (Å²) in [6.07, 6.45) is 6.71. The summed E-state index contributed by atoms with van der Waals surface area (Å²) in [6, 6.07) is 10.3. The van der Waals surface area contributed by atoms with Crippen LogP contribution in [0.5, 0.6) is 0 Å². The van der Waals surface area contributed by atoms with Crippen LogP contribution in [-0.4, -0.2) is 40.5 Å². The van der Waals surface area contributed by atoms with E-state index in [4.69, 9.17) is 0 Å². The molecular formula is C19H22ClN3O. The molecule has 6 rings (SSSR count). The lowest BCUT2D eigenvalue weighted by Crippen LogP contribution is -2.65. The van der Waals surface area contributed by atoms with Crippen LogP contribution in [0, 0.1) is 5.92 Å². The Labute approximate surface area is 148 Å². The van der Waals surface area contributed by atoms with E-state index in [2.05, 4.69) is 15.2 Å². The summed E-state index contributed by atoms with van der Waals surface area (Å²) in [5.41, 5.74) is 0.809. The molecule has 3 aliphatic heterocycles. The molecule has 2 bridgehead atoms. The topological polar surface area (TPSA) is 45.2 Å². The largest absolute Gasteiger partial charge is 0.346 e. The minimum Gasteiger partial charge on any atom is -0.346 e. The fourth-order valence-electron chi connectivity index (χ4n) is 4.74. The number of benzene rings is 1. The first-order chi connectivity index (χ1) is 11.3. The normalized spacial score (nSPS) is 29.2. The van der Waals surface area contributed by atoms with Crippen molar-refractivity contribution in [2.45, 2.75) is 37.3 Å². The fourth-order valence-corrected chi connectivity index (χ4v) is 4.74. The van der Waals surface area contributed by atoms with Gasteiger partial charge in [-0.1, -0.05) is 24.3 Å². The molecule has 0 unspecified atom stereocenters.